The van der Waals surface area contributed by atoms with Crippen LogP contribution in [0.5, 0.6) is 11.6 Å². The van der Waals surface area contributed by atoms with Gasteiger partial charge >= 0.3 is 12.3 Å². The van der Waals surface area contributed by atoms with E-state index in [1.807, 2.05) is 32.9 Å². The van der Waals surface area contributed by atoms with E-state index in [9.17, 15) is 40.8 Å². The predicted molar refractivity (Wildman–Crippen MR) is 216 cm³/mol. The van der Waals surface area contributed by atoms with Gasteiger partial charge in [0.05, 0.1) is 41.1 Å². The molecule has 0 bridgehead atoms. The van der Waals surface area contributed by atoms with Crippen LogP contribution in [0.15, 0.2) is 36.5 Å². The second-order valence-electron chi connectivity index (χ2n) is 17.5. The van der Waals surface area contributed by atoms with Gasteiger partial charge in [0.2, 0.25) is 39.2 Å². The van der Waals surface area contributed by atoms with Crippen molar-refractivity contribution in [2.45, 2.75) is 140 Å². The zero-order chi connectivity index (χ0) is 43.9. The van der Waals surface area contributed by atoms with Crippen LogP contribution in [0.25, 0.3) is 10.8 Å². The van der Waals surface area contributed by atoms with Crippen molar-refractivity contribution in [3.05, 3.63) is 41.6 Å². The molecule has 60 heavy (non-hydrogen) atoms. The van der Waals surface area contributed by atoms with Gasteiger partial charge in [-0.25, -0.2) is 18.2 Å². The first-order valence-electron chi connectivity index (χ1n) is 20.3. The number of fused-ring (bicyclic) bond motifs is 3. The van der Waals surface area contributed by atoms with E-state index in [2.05, 4.69) is 20.3 Å². The zero-order valence-electron chi connectivity index (χ0n) is 34.4. The minimum atomic E-state index is -4.91. The summed E-state index contributed by atoms with van der Waals surface area (Å²) >= 11 is 6.62. The number of amides is 4. The lowest BCUT2D eigenvalue weighted by Gasteiger charge is -2.34. The van der Waals surface area contributed by atoms with Gasteiger partial charge in [-0.1, -0.05) is 43.7 Å². The third-order valence-electron chi connectivity index (χ3n) is 11.6. The van der Waals surface area contributed by atoms with Crippen molar-refractivity contribution in [1.29, 1.82) is 0 Å². The lowest BCUT2D eigenvalue weighted by molar-refractivity contribution is -0.244. The molecule has 3 heterocycles. The molecule has 2 aliphatic heterocycles. The molecule has 1 aromatic carbocycles. The summed E-state index contributed by atoms with van der Waals surface area (Å²) in [7, 11) is -3.87. The fraction of sp³-hybridized carbons (Fsp3) is 0.634. The highest BCUT2D eigenvalue weighted by molar-refractivity contribution is 7.90. The monoisotopic (exact) mass is 883 g/mol. The van der Waals surface area contributed by atoms with E-state index in [0.717, 1.165) is 0 Å². The summed E-state index contributed by atoms with van der Waals surface area (Å²) in [5.74, 6) is -2.62. The number of pyridine rings is 1. The summed E-state index contributed by atoms with van der Waals surface area (Å²) in [6.45, 7) is 8.54. The lowest BCUT2D eigenvalue weighted by Crippen LogP contribution is -2.58. The van der Waals surface area contributed by atoms with Gasteiger partial charge in [0, 0.05) is 23.1 Å². The maximum atomic E-state index is 14.8. The van der Waals surface area contributed by atoms with E-state index in [1.165, 1.54) is 11.1 Å². The maximum absolute atomic E-state index is 14.8. The summed E-state index contributed by atoms with van der Waals surface area (Å²) in [4.78, 5) is 61.5. The van der Waals surface area contributed by atoms with Crippen molar-refractivity contribution in [1.82, 2.24) is 25.2 Å². The summed E-state index contributed by atoms with van der Waals surface area (Å²) in [6, 6.07) is 2.44. The first-order chi connectivity index (χ1) is 28.0. The van der Waals surface area contributed by atoms with E-state index in [4.69, 9.17) is 25.8 Å². The van der Waals surface area contributed by atoms with Crippen LogP contribution in [0.1, 0.15) is 92.9 Å². The van der Waals surface area contributed by atoms with Crippen molar-refractivity contribution >= 4 is 56.2 Å². The molecule has 7 atom stereocenters. The Morgan fingerprint density at radius 3 is 2.50 bits per heavy atom. The zero-order valence-corrected chi connectivity index (χ0v) is 36.0. The minimum Gasteiger partial charge on any atom is -0.489 e. The molecule has 2 aliphatic carbocycles. The molecule has 2 saturated carbocycles. The Labute approximate surface area is 352 Å². The number of carbonyl (C=O) groups is 4. The number of ether oxygens (including phenoxy) is 3. The van der Waals surface area contributed by atoms with Gasteiger partial charge in [0.25, 0.3) is 0 Å². The van der Waals surface area contributed by atoms with Gasteiger partial charge in [0.15, 0.2) is 0 Å². The highest BCUT2D eigenvalue weighted by Gasteiger charge is 2.57. The number of hydrogen-bond donors (Lipinski definition) is 3. The Morgan fingerprint density at radius 1 is 1.12 bits per heavy atom. The van der Waals surface area contributed by atoms with Gasteiger partial charge in [-0.05, 0) is 90.2 Å². The van der Waals surface area contributed by atoms with Gasteiger partial charge in [-0.15, -0.1) is 0 Å². The van der Waals surface area contributed by atoms with Crippen molar-refractivity contribution in [2.75, 3.05) is 6.54 Å². The molecule has 14 nitrogen and oxygen atoms in total. The molecule has 1 aromatic heterocycles. The highest BCUT2D eigenvalue weighted by Crippen LogP contribution is 2.48. The minimum absolute atomic E-state index is 0.0177. The maximum Gasteiger partial charge on any atom is 0.427 e. The summed E-state index contributed by atoms with van der Waals surface area (Å²) in [6.07, 6.45) is 0.241. The molecule has 4 amide bonds. The third-order valence-corrected chi connectivity index (χ3v) is 13.8. The Bertz CT molecular complexity index is 2130. The van der Waals surface area contributed by atoms with Crippen LogP contribution in [0.2, 0.25) is 5.02 Å². The number of hydrogen-bond acceptors (Lipinski definition) is 10. The summed E-state index contributed by atoms with van der Waals surface area (Å²) in [5, 5.41) is 6.13. The van der Waals surface area contributed by atoms with Gasteiger partial charge < -0.3 is 29.7 Å². The molecule has 0 radical (unpaired) electrons. The van der Waals surface area contributed by atoms with Crippen molar-refractivity contribution in [2.24, 2.45) is 17.8 Å². The highest BCUT2D eigenvalue weighted by atomic mass is 35.5. The molecule has 3 N–H and O–H groups in total. The molecule has 4 aliphatic rings. The second kappa shape index (κ2) is 17.2. The number of benzene rings is 1. The molecule has 6 rings (SSSR count). The number of rotatable bonds is 10. The van der Waals surface area contributed by atoms with Crippen LogP contribution in [-0.2, 0) is 29.1 Å². The molecule has 19 heteroatoms. The van der Waals surface area contributed by atoms with Gasteiger partial charge in [-0.2, -0.15) is 13.2 Å². The summed E-state index contributed by atoms with van der Waals surface area (Å²) in [5.41, 5.74) is -4.06. The number of halogens is 4. The molecule has 330 valence electrons. The largest absolute Gasteiger partial charge is 0.489 e. The Hall–Kier alpha value is -4.32. The number of alkyl carbamates (subject to hydrolysis) is 1. The summed E-state index contributed by atoms with van der Waals surface area (Å²) < 4.78 is 86.0. The SMILES string of the molecule is CC(C)Oc1cnc(O[C@@H]2C[C@H]3C(=O)N[C@]4(CC(=O)NS(=O)(=O)C5CC5)C[C@H]4/C=C\CC[C@@H](C)C[C@@H](C)[C@H](NC(=O)OC(C)(C)C(F)(F)F)C(=O)N3C2)c2cccc(Cl)c12. The van der Waals surface area contributed by atoms with Crippen molar-refractivity contribution in [3.63, 3.8) is 0 Å². The van der Waals surface area contributed by atoms with Gasteiger partial charge in [-0.3, -0.25) is 19.1 Å². The molecular weight excluding hydrogens is 831 g/mol. The van der Waals surface area contributed by atoms with Crippen molar-refractivity contribution < 1.29 is 55.0 Å². The predicted octanol–water partition coefficient (Wildman–Crippen LogP) is 6.35. The average molecular weight is 884 g/mol. The van der Waals surface area contributed by atoms with E-state index >= 15 is 0 Å². The molecule has 0 unspecified atom stereocenters. The van der Waals surface area contributed by atoms with Crippen LogP contribution < -0.4 is 24.8 Å². The molecular formula is C41H53ClF3N5O9S. The normalized spacial score (nSPS) is 28.4. The topological polar surface area (TPSA) is 182 Å². The van der Waals surface area contributed by atoms with Crippen LogP contribution >= 0.6 is 11.6 Å². The number of aromatic nitrogens is 1. The van der Waals surface area contributed by atoms with Gasteiger partial charge in [0.1, 0.15) is 23.9 Å². The number of nitrogens with zero attached hydrogens (tertiary/aromatic N) is 2. The van der Waals surface area contributed by atoms with Crippen LogP contribution in [0.4, 0.5) is 18.0 Å². The van der Waals surface area contributed by atoms with Crippen LogP contribution in [0, 0.1) is 17.8 Å². The Kier molecular flexibility index (Phi) is 13.0. The van der Waals surface area contributed by atoms with E-state index < -0.39 is 80.5 Å². The second-order valence-corrected chi connectivity index (χ2v) is 19.9. The standard InChI is InChI=1S/C41H53ClF3N5O9S/c1-22(2)57-31-20-46-36(28-12-9-13-29(42)33(28)31)58-26-17-30-35(52)48-40(19-32(51)49-60(55,56)27-14-15-27)18-25(40)11-8-7-10-23(3)16-24(4)34(37(53)50(30)21-26)47-38(54)59-39(5,6)41(43,44)45/h8-9,11-13,20,22-27,30,34H,7,10,14-19,21H2,1-6H3,(H,47,54)(H,48,52)(H,49,51)/b11-8-/t23-,24-,25-,26-,30+,34+,40+/m1/s1. The van der Waals surface area contributed by atoms with E-state index in [-0.39, 0.29) is 43.2 Å². The first kappa shape index (κ1) is 45.2. The molecule has 3 fully saturated rings. The third kappa shape index (κ3) is 10.2. The van der Waals surface area contributed by atoms with Crippen molar-refractivity contribution in [3.8, 4) is 11.6 Å². The number of carbonyl (C=O) groups excluding carboxylic acids is 4. The number of alkyl halides is 3. The quantitative estimate of drug-likeness (QED) is 0.228. The lowest BCUT2D eigenvalue weighted by atomic mass is 9.88. The smallest absolute Gasteiger partial charge is 0.427 e. The van der Waals surface area contributed by atoms with E-state index in [1.54, 1.807) is 25.1 Å². The number of nitrogens with one attached hydrogen (secondary N) is 3. The molecule has 1 saturated heterocycles. The first-order valence-corrected chi connectivity index (χ1v) is 22.2. The van der Waals surface area contributed by atoms with Crippen LogP contribution in [-0.4, -0.2) is 95.5 Å². The van der Waals surface area contributed by atoms with Crippen LogP contribution in [0.3, 0.4) is 0 Å². The Balaban J connectivity index is 1.35. The van der Waals surface area contributed by atoms with E-state index in [0.29, 0.717) is 73.9 Å². The molecule has 0 spiro atoms. The fourth-order valence-corrected chi connectivity index (χ4v) is 9.61. The number of allylic oxidation sites excluding steroid dienone is 1. The Morgan fingerprint density at radius 2 is 1.83 bits per heavy atom. The fourth-order valence-electron chi connectivity index (χ4n) is 8.02. The molecule has 2 aromatic rings. The number of sulfonamides is 1. The average Bonchev–Trinajstić information content (AvgIpc) is 4.05.